The SMILES string of the molecule is CCCc1nc2ccc(-c3nc4cc(C)ccc4n3C)cc2n1Cc1ccc(-c2ccccc2C(=O)OC(C)(C)C)cc1. The van der Waals surface area contributed by atoms with E-state index in [1.165, 1.54) is 11.1 Å². The average molecular weight is 571 g/mol. The molecule has 43 heavy (non-hydrogen) atoms. The van der Waals surface area contributed by atoms with Crippen LogP contribution in [0.5, 0.6) is 0 Å². The number of hydrogen-bond donors (Lipinski definition) is 0. The second-order valence-corrected chi connectivity index (χ2v) is 12.3. The third-order valence-electron chi connectivity index (χ3n) is 7.75. The van der Waals surface area contributed by atoms with Gasteiger partial charge in [-0.15, -0.1) is 0 Å². The molecular formula is C37H38N4O2. The van der Waals surface area contributed by atoms with Crippen molar-refractivity contribution in [3.05, 3.63) is 107 Å². The highest BCUT2D eigenvalue weighted by molar-refractivity contribution is 5.97. The Labute approximate surface area is 253 Å². The summed E-state index contributed by atoms with van der Waals surface area (Å²) in [6, 6.07) is 28.9. The summed E-state index contributed by atoms with van der Waals surface area (Å²) in [4.78, 5) is 22.9. The van der Waals surface area contributed by atoms with E-state index in [1.54, 1.807) is 0 Å². The Kier molecular flexibility index (Phi) is 7.38. The molecule has 218 valence electrons. The summed E-state index contributed by atoms with van der Waals surface area (Å²) in [7, 11) is 2.08. The van der Waals surface area contributed by atoms with E-state index in [1.807, 2.05) is 45.0 Å². The van der Waals surface area contributed by atoms with E-state index in [0.717, 1.165) is 63.2 Å². The maximum Gasteiger partial charge on any atom is 0.339 e. The van der Waals surface area contributed by atoms with Gasteiger partial charge in [-0.1, -0.05) is 55.5 Å². The Morgan fingerprint density at radius 2 is 1.58 bits per heavy atom. The van der Waals surface area contributed by atoms with Crippen LogP contribution in [0.1, 0.15) is 61.4 Å². The first kappa shape index (κ1) is 28.4. The number of hydrogen-bond acceptors (Lipinski definition) is 4. The lowest BCUT2D eigenvalue weighted by atomic mass is 9.98. The molecule has 6 nitrogen and oxygen atoms in total. The standard InChI is InChI=1S/C37H38N4O2/c1-7-10-34-38-30-19-18-27(35-39-31-21-24(2)13-20-32(31)40(35)6)22-33(30)41(34)23-25-14-16-26(17-15-25)28-11-8-9-12-29(28)36(42)43-37(3,4)5/h8-9,11-22H,7,10,23H2,1-6H3. The van der Waals surface area contributed by atoms with E-state index >= 15 is 0 Å². The lowest BCUT2D eigenvalue weighted by Gasteiger charge is -2.20. The highest BCUT2D eigenvalue weighted by atomic mass is 16.6. The van der Waals surface area contributed by atoms with Crippen molar-refractivity contribution in [2.45, 2.75) is 59.6 Å². The molecule has 6 aromatic rings. The van der Waals surface area contributed by atoms with Crippen molar-refractivity contribution < 1.29 is 9.53 Å². The van der Waals surface area contributed by atoms with Crippen LogP contribution in [0.2, 0.25) is 0 Å². The van der Waals surface area contributed by atoms with Crippen LogP contribution in [0, 0.1) is 6.92 Å². The van der Waals surface area contributed by atoms with Gasteiger partial charge in [-0.05, 0) is 92.8 Å². The van der Waals surface area contributed by atoms with Crippen LogP contribution < -0.4 is 0 Å². The van der Waals surface area contributed by atoms with E-state index in [2.05, 4.69) is 90.7 Å². The molecule has 0 unspecified atom stereocenters. The van der Waals surface area contributed by atoms with Crippen LogP contribution in [0.3, 0.4) is 0 Å². The minimum absolute atomic E-state index is 0.312. The monoisotopic (exact) mass is 570 g/mol. The average Bonchev–Trinajstić information content (AvgIpc) is 3.48. The molecule has 0 saturated heterocycles. The van der Waals surface area contributed by atoms with E-state index in [-0.39, 0.29) is 5.97 Å². The number of rotatable bonds is 7. The Balaban J connectivity index is 1.35. The molecule has 0 amide bonds. The van der Waals surface area contributed by atoms with Crippen LogP contribution in [0.4, 0.5) is 0 Å². The van der Waals surface area contributed by atoms with E-state index in [9.17, 15) is 4.79 Å². The van der Waals surface area contributed by atoms with Crippen molar-refractivity contribution in [2.75, 3.05) is 0 Å². The lowest BCUT2D eigenvalue weighted by Crippen LogP contribution is -2.24. The molecule has 4 aromatic carbocycles. The van der Waals surface area contributed by atoms with Crippen LogP contribution in [0.15, 0.2) is 84.9 Å². The smallest absolute Gasteiger partial charge is 0.339 e. The van der Waals surface area contributed by atoms with Gasteiger partial charge in [0.15, 0.2) is 0 Å². The Hall–Kier alpha value is -4.71. The Morgan fingerprint density at radius 1 is 0.837 bits per heavy atom. The van der Waals surface area contributed by atoms with Gasteiger partial charge in [0.2, 0.25) is 0 Å². The van der Waals surface area contributed by atoms with Crippen LogP contribution in [-0.4, -0.2) is 30.7 Å². The van der Waals surface area contributed by atoms with Gasteiger partial charge < -0.3 is 13.9 Å². The van der Waals surface area contributed by atoms with Crippen molar-refractivity contribution >= 4 is 28.0 Å². The molecule has 0 saturated carbocycles. The number of esters is 1. The molecule has 6 heteroatoms. The molecule has 0 fully saturated rings. The van der Waals surface area contributed by atoms with Gasteiger partial charge in [0.25, 0.3) is 0 Å². The normalized spacial score (nSPS) is 11.9. The summed E-state index contributed by atoms with van der Waals surface area (Å²) in [6.45, 7) is 10.6. The third-order valence-corrected chi connectivity index (χ3v) is 7.75. The molecule has 2 aromatic heterocycles. The zero-order valence-corrected chi connectivity index (χ0v) is 25.8. The van der Waals surface area contributed by atoms with Gasteiger partial charge in [0.05, 0.1) is 27.6 Å². The second-order valence-electron chi connectivity index (χ2n) is 12.3. The molecule has 0 aliphatic carbocycles. The molecule has 0 N–H and O–H groups in total. The molecule has 0 atom stereocenters. The van der Waals surface area contributed by atoms with E-state index < -0.39 is 5.60 Å². The minimum Gasteiger partial charge on any atom is -0.456 e. The third kappa shape index (κ3) is 5.70. The number of fused-ring (bicyclic) bond motifs is 2. The topological polar surface area (TPSA) is 61.9 Å². The number of benzene rings is 4. The first-order valence-corrected chi connectivity index (χ1v) is 15.0. The minimum atomic E-state index is -0.555. The number of ether oxygens (including phenoxy) is 1. The molecule has 0 spiro atoms. The highest BCUT2D eigenvalue weighted by Gasteiger charge is 2.21. The maximum atomic E-state index is 12.9. The van der Waals surface area contributed by atoms with E-state index in [0.29, 0.717) is 12.1 Å². The van der Waals surface area contributed by atoms with Gasteiger partial charge in [0, 0.05) is 25.6 Å². The maximum absolute atomic E-state index is 12.9. The molecule has 0 aliphatic rings. The van der Waals surface area contributed by atoms with Crippen LogP contribution in [0.25, 0.3) is 44.6 Å². The van der Waals surface area contributed by atoms with Gasteiger partial charge >= 0.3 is 5.97 Å². The van der Waals surface area contributed by atoms with Crippen molar-refractivity contribution in [2.24, 2.45) is 7.05 Å². The Morgan fingerprint density at radius 3 is 2.33 bits per heavy atom. The fraction of sp³-hybridized carbons (Fsp3) is 0.270. The zero-order chi connectivity index (χ0) is 30.3. The summed E-state index contributed by atoms with van der Waals surface area (Å²) in [5, 5.41) is 0. The fourth-order valence-corrected chi connectivity index (χ4v) is 5.69. The Bertz CT molecular complexity index is 1960. The summed E-state index contributed by atoms with van der Waals surface area (Å²) in [5.41, 5.74) is 9.52. The van der Waals surface area contributed by atoms with Crippen LogP contribution >= 0.6 is 0 Å². The number of carbonyl (C=O) groups excluding carboxylic acids is 1. The lowest BCUT2D eigenvalue weighted by molar-refractivity contribution is 0.00704. The summed E-state index contributed by atoms with van der Waals surface area (Å²) in [5.74, 6) is 1.71. The number of aryl methyl sites for hydroxylation is 3. The van der Waals surface area contributed by atoms with Gasteiger partial charge in [0.1, 0.15) is 17.2 Å². The molecule has 0 bridgehead atoms. The molecule has 0 radical (unpaired) electrons. The first-order valence-electron chi connectivity index (χ1n) is 15.0. The van der Waals surface area contributed by atoms with Crippen LogP contribution in [-0.2, 0) is 24.8 Å². The quantitative estimate of drug-likeness (QED) is 0.181. The predicted octanol–water partition coefficient (Wildman–Crippen LogP) is 8.52. The second kappa shape index (κ2) is 11.2. The van der Waals surface area contributed by atoms with E-state index in [4.69, 9.17) is 14.7 Å². The summed E-state index contributed by atoms with van der Waals surface area (Å²) >= 11 is 0. The predicted molar refractivity (Wildman–Crippen MR) is 174 cm³/mol. The van der Waals surface area contributed by atoms with Crippen molar-refractivity contribution in [1.82, 2.24) is 19.1 Å². The molecule has 0 aliphatic heterocycles. The molecule has 6 rings (SSSR count). The number of imidazole rings is 2. The van der Waals surface area contributed by atoms with Crippen molar-refractivity contribution in [3.63, 3.8) is 0 Å². The largest absolute Gasteiger partial charge is 0.456 e. The first-order chi connectivity index (χ1) is 20.6. The fourth-order valence-electron chi connectivity index (χ4n) is 5.69. The zero-order valence-electron chi connectivity index (χ0n) is 25.8. The number of aromatic nitrogens is 4. The van der Waals surface area contributed by atoms with Crippen molar-refractivity contribution in [1.29, 1.82) is 0 Å². The highest BCUT2D eigenvalue weighted by Crippen LogP contribution is 2.30. The molecule has 2 heterocycles. The summed E-state index contributed by atoms with van der Waals surface area (Å²) in [6.07, 6.45) is 1.91. The molecular weight excluding hydrogens is 532 g/mol. The van der Waals surface area contributed by atoms with Gasteiger partial charge in [-0.2, -0.15) is 0 Å². The van der Waals surface area contributed by atoms with Crippen molar-refractivity contribution in [3.8, 4) is 22.5 Å². The van der Waals surface area contributed by atoms with Gasteiger partial charge in [-0.3, -0.25) is 0 Å². The summed E-state index contributed by atoms with van der Waals surface area (Å²) < 4.78 is 10.2. The number of nitrogens with zero attached hydrogens (tertiary/aromatic N) is 4. The van der Waals surface area contributed by atoms with Gasteiger partial charge in [-0.25, -0.2) is 14.8 Å². The number of carbonyl (C=O) groups is 1.